The van der Waals surface area contributed by atoms with Crippen LogP contribution in [-0.4, -0.2) is 30.8 Å². The van der Waals surface area contributed by atoms with Gasteiger partial charge in [0.2, 0.25) is 0 Å². The van der Waals surface area contributed by atoms with Crippen LogP contribution in [0, 0.1) is 0 Å². The van der Waals surface area contributed by atoms with E-state index < -0.39 is 0 Å². The number of H-pyrrole nitrogens is 1. The maximum atomic E-state index is 13.0. The van der Waals surface area contributed by atoms with Gasteiger partial charge in [-0.05, 0) is 38.7 Å². The van der Waals surface area contributed by atoms with Crippen LogP contribution in [0.1, 0.15) is 60.7 Å². The Balaban J connectivity index is 1.42. The summed E-state index contributed by atoms with van der Waals surface area (Å²) in [5.74, 6) is 1.86. The van der Waals surface area contributed by atoms with Crippen LogP contribution in [0.5, 0.6) is 0 Å². The van der Waals surface area contributed by atoms with Crippen molar-refractivity contribution in [3.05, 3.63) is 41.9 Å². The van der Waals surface area contributed by atoms with E-state index >= 15 is 0 Å². The van der Waals surface area contributed by atoms with E-state index in [1.807, 2.05) is 37.4 Å². The number of hydrogen-bond acceptors (Lipinski definition) is 4. The number of para-hydroxylation sites is 1. The molecule has 25 heavy (non-hydrogen) atoms. The molecule has 1 atom stereocenters. The highest BCUT2D eigenvalue weighted by molar-refractivity contribution is 8.00. The van der Waals surface area contributed by atoms with E-state index in [9.17, 15) is 4.79 Å². The summed E-state index contributed by atoms with van der Waals surface area (Å²) in [5, 5.41) is 10.6. The average molecular weight is 352 g/mol. The van der Waals surface area contributed by atoms with Crippen molar-refractivity contribution in [2.24, 2.45) is 0 Å². The first kappa shape index (κ1) is 15.2. The zero-order valence-corrected chi connectivity index (χ0v) is 14.9. The van der Waals surface area contributed by atoms with Gasteiger partial charge in [-0.1, -0.05) is 30.0 Å². The van der Waals surface area contributed by atoms with Gasteiger partial charge in [0.1, 0.15) is 5.82 Å². The monoisotopic (exact) mass is 352 g/mol. The molecule has 5 rings (SSSR count). The van der Waals surface area contributed by atoms with Crippen LogP contribution in [-0.2, 0) is 0 Å². The Morgan fingerprint density at radius 2 is 2.04 bits per heavy atom. The number of carbonyl (C=O) groups excluding carboxylic acids is 1. The van der Waals surface area contributed by atoms with Gasteiger partial charge in [0.05, 0.1) is 5.25 Å². The molecule has 0 spiro atoms. The zero-order valence-electron chi connectivity index (χ0n) is 14.1. The van der Waals surface area contributed by atoms with Crippen LogP contribution >= 0.6 is 11.8 Å². The van der Waals surface area contributed by atoms with E-state index in [0.29, 0.717) is 12.0 Å². The maximum Gasteiger partial charge on any atom is 0.192 e. The molecule has 1 unspecified atom stereocenters. The molecule has 128 valence electrons. The Hall–Kier alpha value is -2.08. The largest absolute Gasteiger partial charge is 0.360 e. The van der Waals surface area contributed by atoms with Crippen molar-refractivity contribution in [1.82, 2.24) is 19.7 Å². The summed E-state index contributed by atoms with van der Waals surface area (Å²) >= 11 is 1.55. The van der Waals surface area contributed by atoms with Crippen LogP contribution in [0.4, 0.5) is 0 Å². The van der Waals surface area contributed by atoms with E-state index in [1.54, 1.807) is 11.8 Å². The van der Waals surface area contributed by atoms with Crippen LogP contribution in [0.3, 0.4) is 0 Å². The summed E-state index contributed by atoms with van der Waals surface area (Å²) in [5.41, 5.74) is 1.76. The third-order valence-corrected chi connectivity index (χ3v) is 6.11. The Bertz CT molecular complexity index is 951. The highest BCUT2D eigenvalue weighted by Gasteiger charge is 2.37. The van der Waals surface area contributed by atoms with E-state index in [0.717, 1.165) is 27.4 Å². The lowest BCUT2D eigenvalue weighted by Crippen LogP contribution is -2.14. The summed E-state index contributed by atoms with van der Waals surface area (Å²) < 4.78 is 2.31. The summed E-state index contributed by atoms with van der Waals surface area (Å²) in [6, 6.07) is 8.48. The van der Waals surface area contributed by atoms with Gasteiger partial charge in [-0.3, -0.25) is 4.79 Å². The van der Waals surface area contributed by atoms with E-state index in [1.165, 1.54) is 25.7 Å². The number of benzene rings is 1. The molecule has 2 heterocycles. The molecule has 2 saturated carbocycles. The predicted octanol–water partition coefficient (Wildman–Crippen LogP) is 4.34. The highest BCUT2D eigenvalue weighted by atomic mass is 32.2. The molecule has 0 aliphatic heterocycles. The number of carbonyl (C=O) groups is 1. The Morgan fingerprint density at radius 1 is 1.24 bits per heavy atom. The molecule has 2 aromatic heterocycles. The van der Waals surface area contributed by atoms with Gasteiger partial charge in [0, 0.05) is 34.6 Å². The molecular formula is C19H20N4OS. The number of hydrogen-bond donors (Lipinski definition) is 1. The van der Waals surface area contributed by atoms with Gasteiger partial charge in [-0.25, -0.2) is 0 Å². The summed E-state index contributed by atoms with van der Waals surface area (Å²) in [7, 11) is 0. The first-order chi connectivity index (χ1) is 12.2. The molecule has 2 aliphatic carbocycles. The first-order valence-corrected chi connectivity index (χ1v) is 9.82. The number of rotatable bonds is 6. The molecule has 2 aliphatic rings. The van der Waals surface area contributed by atoms with Crippen molar-refractivity contribution in [3.8, 4) is 0 Å². The molecule has 3 aromatic rings. The molecule has 2 fully saturated rings. The lowest BCUT2D eigenvalue weighted by molar-refractivity contribution is 0.0995. The van der Waals surface area contributed by atoms with Gasteiger partial charge in [-0.2, -0.15) is 0 Å². The molecule has 1 aromatic carbocycles. The second kappa shape index (κ2) is 5.73. The molecule has 0 saturated heterocycles. The minimum absolute atomic E-state index is 0.140. The van der Waals surface area contributed by atoms with Crippen molar-refractivity contribution in [1.29, 1.82) is 0 Å². The van der Waals surface area contributed by atoms with Crippen LogP contribution in [0.15, 0.2) is 35.6 Å². The minimum atomic E-state index is -0.187. The number of aromatic nitrogens is 4. The second-order valence-electron chi connectivity index (χ2n) is 7.09. The number of fused-ring (bicyclic) bond motifs is 1. The quantitative estimate of drug-likeness (QED) is 0.529. The second-order valence-corrected chi connectivity index (χ2v) is 8.40. The minimum Gasteiger partial charge on any atom is -0.360 e. The summed E-state index contributed by atoms with van der Waals surface area (Å²) in [6.45, 7) is 1.97. The summed E-state index contributed by atoms with van der Waals surface area (Å²) in [4.78, 5) is 16.2. The number of nitrogens with one attached hydrogen (secondary N) is 1. The van der Waals surface area contributed by atoms with E-state index in [2.05, 4.69) is 19.7 Å². The van der Waals surface area contributed by atoms with Crippen LogP contribution in [0.25, 0.3) is 10.9 Å². The number of Topliss-reactive ketones (excluding diaryl/α,β-unsaturated/α-hetero) is 1. The fourth-order valence-corrected chi connectivity index (χ4v) is 4.36. The van der Waals surface area contributed by atoms with Crippen molar-refractivity contribution < 1.29 is 4.79 Å². The highest BCUT2D eigenvalue weighted by Crippen LogP contribution is 2.46. The SMILES string of the molecule is CC(Sc1nnc(C2CC2)n1C1CC1)C(=O)c1c[nH]c2ccccc12. The molecule has 0 bridgehead atoms. The lowest BCUT2D eigenvalue weighted by Gasteiger charge is -2.12. The normalized spacial score (nSPS) is 18.6. The third kappa shape index (κ3) is 2.68. The molecular weight excluding hydrogens is 332 g/mol. The van der Waals surface area contributed by atoms with Crippen molar-refractivity contribution >= 4 is 28.4 Å². The molecule has 6 heteroatoms. The molecule has 5 nitrogen and oxygen atoms in total. The van der Waals surface area contributed by atoms with Gasteiger partial charge in [0.15, 0.2) is 10.9 Å². The smallest absolute Gasteiger partial charge is 0.192 e. The number of aromatic amines is 1. The molecule has 0 radical (unpaired) electrons. The number of nitrogens with zero attached hydrogens (tertiary/aromatic N) is 3. The Labute approximate surface area is 150 Å². The Kier molecular flexibility index (Phi) is 3.48. The maximum absolute atomic E-state index is 13.0. The number of thioether (sulfide) groups is 1. The topological polar surface area (TPSA) is 63.6 Å². The van der Waals surface area contributed by atoms with Gasteiger partial charge >= 0.3 is 0 Å². The standard InChI is InChI=1S/C19H20N4OS/c1-11(17(24)15-10-20-16-5-3-2-4-14(15)16)25-19-22-21-18(12-6-7-12)23(19)13-8-9-13/h2-5,10-13,20H,6-9H2,1H3. The number of ketones is 1. The van der Waals surface area contributed by atoms with Crippen molar-refractivity contribution in [2.75, 3.05) is 0 Å². The molecule has 0 amide bonds. The third-order valence-electron chi connectivity index (χ3n) is 5.05. The lowest BCUT2D eigenvalue weighted by atomic mass is 10.1. The summed E-state index contributed by atoms with van der Waals surface area (Å²) in [6.07, 6.45) is 6.68. The van der Waals surface area contributed by atoms with Crippen molar-refractivity contribution in [2.45, 2.75) is 55.0 Å². The van der Waals surface area contributed by atoms with Gasteiger partial charge in [0.25, 0.3) is 0 Å². The van der Waals surface area contributed by atoms with E-state index in [-0.39, 0.29) is 11.0 Å². The molecule has 1 N–H and O–H groups in total. The average Bonchev–Trinajstić information content (AvgIpc) is 3.56. The fraction of sp³-hybridized carbons (Fsp3) is 0.421. The van der Waals surface area contributed by atoms with Crippen LogP contribution < -0.4 is 0 Å². The Morgan fingerprint density at radius 3 is 2.80 bits per heavy atom. The predicted molar refractivity (Wildman–Crippen MR) is 98.2 cm³/mol. The fourth-order valence-electron chi connectivity index (χ4n) is 3.37. The van der Waals surface area contributed by atoms with E-state index in [4.69, 9.17) is 0 Å². The van der Waals surface area contributed by atoms with Gasteiger partial charge in [-0.15, -0.1) is 10.2 Å². The van der Waals surface area contributed by atoms with Gasteiger partial charge < -0.3 is 9.55 Å². The first-order valence-electron chi connectivity index (χ1n) is 8.94. The van der Waals surface area contributed by atoms with Crippen molar-refractivity contribution in [3.63, 3.8) is 0 Å². The van der Waals surface area contributed by atoms with Crippen LogP contribution in [0.2, 0.25) is 0 Å². The zero-order chi connectivity index (χ0) is 17.0.